The highest BCUT2D eigenvalue weighted by Gasteiger charge is 2.24. The van der Waals surface area contributed by atoms with Gasteiger partial charge in [-0.25, -0.2) is 9.48 Å². The van der Waals surface area contributed by atoms with E-state index in [9.17, 15) is 4.79 Å². The summed E-state index contributed by atoms with van der Waals surface area (Å²) in [5.74, 6) is 0.337. The first-order valence-electron chi connectivity index (χ1n) is 6.73. The van der Waals surface area contributed by atoms with E-state index >= 15 is 0 Å². The molecule has 0 radical (unpaired) electrons. The number of para-hydroxylation sites is 2. The van der Waals surface area contributed by atoms with Crippen LogP contribution in [0, 0.1) is 0 Å². The minimum absolute atomic E-state index is 0.00497. The topological polar surface area (TPSA) is 86.5 Å². The van der Waals surface area contributed by atoms with Crippen LogP contribution in [0.25, 0.3) is 0 Å². The molecule has 0 saturated heterocycles. The van der Waals surface area contributed by atoms with Crippen molar-refractivity contribution in [2.24, 2.45) is 0 Å². The van der Waals surface area contributed by atoms with Crippen LogP contribution in [-0.4, -0.2) is 38.8 Å². The summed E-state index contributed by atoms with van der Waals surface area (Å²) < 4.78 is 13.1. The van der Waals surface area contributed by atoms with Crippen LogP contribution >= 0.6 is 0 Å². The quantitative estimate of drug-likeness (QED) is 0.915. The summed E-state index contributed by atoms with van der Waals surface area (Å²) in [6.07, 6.45) is 0.312. The molecule has 0 amide bonds. The summed E-state index contributed by atoms with van der Waals surface area (Å²) in [5.41, 5.74) is 0.583. The van der Waals surface area contributed by atoms with Gasteiger partial charge >= 0.3 is 5.97 Å². The average molecular weight is 289 g/mol. The number of hydrogen-bond donors (Lipinski definition) is 1. The molecule has 7 heteroatoms. The summed E-state index contributed by atoms with van der Waals surface area (Å²) in [6, 6.07) is 7.45. The van der Waals surface area contributed by atoms with Gasteiger partial charge in [0.05, 0.1) is 12.2 Å². The van der Waals surface area contributed by atoms with Crippen molar-refractivity contribution in [1.29, 1.82) is 0 Å². The fourth-order valence-corrected chi connectivity index (χ4v) is 2.34. The molecule has 1 atom stereocenters. The van der Waals surface area contributed by atoms with Crippen LogP contribution in [0.15, 0.2) is 24.3 Å². The van der Waals surface area contributed by atoms with E-state index < -0.39 is 5.97 Å². The van der Waals surface area contributed by atoms with Crippen molar-refractivity contribution < 1.29 is 19.4 Å². The Labute approximate surface area is 121 Å². The zero-order valence-electron chi connectivity index (χ0n) is 11.5. The summed E-state index contributed by atoms with van der Waals surface area (Å²) in [4.78, 5) is 11.1. The van der Waals surface area contributed by atoms with Gasteiger partial charge in [-0.05, 0) is 18.6 Å². The maximum atomic E-state index is 11.1. The third-order valence-corrected chi connectivity index (χ3v) is 3.32. The Balaban J connectivity index is 1.78. The SMILES string of the molecule is CCc1c(C(=O)O)nnn1CC1COc2ccccc2O1. The molecule has 110 valence electrons. The van der Waals surface area contributed by atoms with Crippen LogP contribution in [0.1, 0.15) is 23.1 Å². The molecule has 2 heterocycles. The third-order valence-electron chi connectivity index (χ3n) is 3.32. The van der Waals surface area contributed by atoms with Gasteiger partial charge in [0.1, 0.15) is 6.61 Å². The number of carboxylic acids is 1. The van der Waals surface area contributed by atoms with Crippen LogP contribution in [0.3, 0.4) is 0 Å². The number of ether oxygens (including phenoxy) is 2. The molecule has 2 aromatic rings. The Kier molecular flexibility index (Phi) is 3.47. The van der Waals surface area contributed by atoms with Crippen LogP contribution in [0.5, 0.6) is 11.5 Å². The smallest absolute Gasteiger partial charge is 0.358 e. The lowest BCUT2D eigenvalue weighted by molar-refractivity contribution is 0.0687. The van der Waals surface area contributed by atoms with Crippen molar-refractivity contribution in [2.45, 2.75) is 26.0 Å². The second-order valence-corrected chi connectivity index (χ2v) is 4.72. The van der Waals surface area contributed by atoms with Gasteiger partial charge < -0.3 is 14.6 Å². The van der Waals surface area contributed by atoms with E-state index in [0.717, 1.165) is 0 Å². The molecule has 21 heavy (non-hydrogen) atoms. The van der Waals surface area contributed by atoms with E-state index in [1.54, 1.807) is 4.68 Å². The minimum Gasteiger partial charge on any atom is -0.486 e. The van der Waals surface area contributed by atoms with Crippen molar-refractivity contribution >= 4 is 5.97 Å². The van der Waals surface area contributed by atoms with Crippen LogP contribution in [-0.2, 0) is 13.0 Å². The fraction of sp³-hybridized carbons (Fsp3) is 0.357. The van der Waals surface area contributed by atoms with E-state index in [-0.39, 0.29) is 11.8 Å². The number of nitrogens with zero attached hydrogens (tertiary/aromatic N) is 3. The first kappa shape index (κ1) is 13.4. The molecule has 3 rings (SSSR count). The molecule has 0 saturated carbocycles. The Bertz CT molecular complexity index is 668. The average Bonchev–Trinajstić information content (AvgIpc) is 2.90. The molecule has 0 spiro atoms. The van der Waals surface area contributed by atoms with Gasteiger partial charge in [-0.15, -0.1) is 5.10 Å². The zero-order chi connectivity index (χ0) is 14.8. The van der Waals surface area contributed by atoms with E-state index in [2.05, 4.69) is 10.3 Å². The fourth-order valence-electron chi connectivity index (χ4n) is 2.34. The van der Waals surface area contributed by atoms with E-state index in [1.165, 1.54) is 0 Å². The summed E-state index contributed by atoms with van der Waals surface area (Å²) in [5, 5.41) is 16.7. The normalized spacial score (nSPS) is 16.7. The predicted octanol–water partition coefficient (Wildman–Crippen LogP) is 1.38. The van der Waals surface area contributed by atoms with E-state index in [0.29, 0.717) is 36.8 Å². The lowest BCUT2D eigenvalue weighted by Gasteiger charge is -2.26. The van der Waals surface area contributed by atoms with Gasteiger partial charge in [0.2, 0.25) is 0 Å². The zero-order valence-corrected chi connectivity index (χ0v) is 11.5. The van der Waals surface area contributed by atoms with Gasteiger partial charge in [0, 0.05) is 0 Å². The molecule has 1 aliphatic rings. The number of fused-ring (bicyclic) bond motifs is 1. The van der Waals surface area contributed by atoms with Gasteiger partial charge in [0.25, 0.3) is 0 Å². The van der Waals surface area contributed by atoms with Gasteiger partial charge in [-0.3, -0.25) is 0 Å². The first-order valence-corrected chi connectivity index (χ1v) is 6.73. The highest BCUT2D eigenvalue weighted by Crippen LogP contribution is 2.31. The van der Waals surface area contributed by atoms with Crippen LogP contribution < -0.4 is 9.47 Å². The lowest BCUT2D eigenvalue weighted by Crippen LogP contribution is -2.34. The minimum atomic E-state index is -1.07. The van der Waals surface area contributed by atoms with Crippen molar-refractivity contribution in [3.8, 4) is 11.5 Å². The molecule has 1 aromatic carbocycles. The monoisotopic (exact) mass is 289 g/mol. The first-order chi connectivity index (χ1) is 10.2. The molecule has 1 N–H and O–H groups in total. The van der Waals surface area contributed by atoms with Gasteiger partial charge in [-0.2, -0.15) is 0 Å². The molecule has 1 unspecified atom stereocenters. The number of aromatic carboxylic acids is 1. The number of carbonyl (C=O) groups is 1. The second-order valence-electron chi connectivity index (χ2n) is 4.72. The number of aromatic nitrogens is 3. The third kappa shape index (κ3) is 2.54. The summed E-state index contributed by atoms with van der Waals surface area (Å²) in [7, 11) is 0. The largest absolute Gasteiger partial charge is 0.486 e. The van der Waals surface area contributed by atoms with Crippen LogP contribution in [0.4, 0.5) is 0 Å². The Morgan fingerprint density at radius 3 is 2.90 bits per heavy atom. The maximum absolute atomic E-state index is 11.1. The van der Waals surface area contributed by atoms with Crippen molar-refractivity contribution in [3.63, 3.8) is 0 Å². The molecule has 0 bridgehead atoms. The second kappa shape index (κ2) is 5.43. The lowest BCUT2D eigenvalue weighted by atomic mass is 10.2. The predicted molar refractivity (Wildman–Crippen MR) is 72.7 cm³/mol. The number of carboxylic acid groups (broad SMARTS) is 1. The molecular formula is C14H15N3O4. The van der Waals surface area contributed by atoms with Crippen molar-refractivity contribution in [3.05, 3.63) is 35.7 Å². The Morgan fingerprint density at radius 2 is 2.19 bits per heavy atom. The van der Waals surface area contributed by atoms with Crippen LogP contribution in [0.2, 0.25) is 0 Å². The van der Waals surface area contributed by atoms with E-state index in [1.807, 2.05) is 31.2 Å². The molecule has 1 aliphatic heterocycles. The standard InChI is InChI=1S/C14H15N3O4/c1-2-10-13(14(18)19)15-16-17(10)7-9-8-20-11-5-3-4-6-12(11)21-9/h3-6,9H,2,7-8H2,1H3,(H,18,19). The molecule has 0 fully saturated rings. The maximum Gasteiger partial charge on any atom is 0.358 e. The Morgan fingerprint density at radius 1 is 1.43 bits per heavy atom. The van der Waals surface area contributed by atoms with Crippen molar-refractivity contribution in [2.75, 3.05) is 6.61 Å². The van der Waals surface area contributed by atoms with Crippen molar-refractivity contribution in [1.82, 2.24) is 15.0 Å². The van der Waals surface area contributed by atoms with Gasteiger partial charge in [0.15, 0.2) is 23.3 Å². The molecule has 0 aliphatic carbocycles. The number of benzene rings is 1. The highest BCUT2D eigenvalue weighted by atomic mass is 16.6. The summed E-state index contributed by atoms with van der Waals surface area (Å²) >= 11 is 0. The molecule has 1 aromatic heterocycles. The van der Waals surface area contributed by atoms with E-state index in [4.69, 9.17) is 14.6 Å². The number of hydrogen-bond acceptors (Lipinski definition) is 5. The molecule has 7 nitrogen and oxygen atoms in total. The number of rotatable bonds is 4. The molecular weight excluding hydrogens is 274 g/mol. The Hall–Kier alpha value is -2.57. The summed E-state index contributed by atoms with van der Waals surface area (Å²) in [6.45, 7) is 2.66. The highest BCUT2D eigenvalue weighted by molar-refractivity contribution is 5.86. The van der Waals surface area contributed by atoms with Gasteiger partial charge in [-0.1, -0.05) is 24.3 Å².